The van der Waals surface area contributed by atoms with E-state index >= 15 is 0 Å². The topological polar surface area (TPSA) is 18.5 Å². The molecule has 2 fully saturated rings. The van der Waals surface area contributed by atoms with Crippen LogP contribution in [-0.2, 0) is 0 Å². The molecule has 1 saturated heterocycles. The van der Waals surface area contributed by atoms with Gasteiger partial charge in [-0.25, -0.2) is 0 Å². The molecule has 0 radical (unpaired) electrons. The molecule has 1 heterocycles. The smallest absolute Gasteiger partial charge is 0.0244 e. The lowest BCUT2D eigenvalue weighted by Crippen LogP contribution is -2.54. The third kappa shape index (κ3) is 4.94. The first kappa shape index (κ1) is 17.2. The van der Waals surface area contributed by atoms with E-state index in [0.29, 0.717) is 6.04 Å². The first-order valence-electron chi connectivity index (χ1n) is 9.13. The number of piperazine rings is 1. The number of rotatable bonds is 5. The number of hydrogen-bond donors (Lipinski definition) is 1. The van der Waals surface area contributed by atoms with Crippen LogP contribution in [0.15, 0.2) is 0 Å². The van der Waals surface area contributed by atoms with Gasteiger partial charge in [-0.1, -0.05) is 27.7 Å². The van der Waals surface area contributed by atoms with Crippen molar-refractivity contribution in [2.24, 2.45) is 17.8 Å². The van der Waals surface area contributed by atoms with Crippen LogP contribution in [0.1, 0.15) is 47.0 Å². The quantitative estimate of drug-likeness (QED) is 0.841. The van der Waals surface area contributed by atoms with Gasteiger partial charge in [-0.15, -0.1) is 0 Å². The van der Waals surface area contributed by atoms with Crippen molar-refractivity contribution in [1.82, 2.24) is 15.1 Å². The van der Waals surface area contributed by atoms with E-state index in [1.165, 1.54) is 52.0 Å². The van der Waals surface area contributed by atoms with Gasteiger partial charge < -0.3 is 10.2 Å². The summed E-state index contributed by atoms with van der Waals surface area (Å²) < 4.78 is 0. The molecule has 1 aliphatic heterocycles. The molecule has 2 rings (SSSR count). The zero-order chi connectivity index (χ0) is 15.4. The Labute approximate surface area is 132 Å². The molecule has 0 spiro atoms. The number of nitrogens with zero attached hydrogens (tertiary/aromatic N) is 2. The van der Waals surface area contributed by atoms with Gasteiger partial charge in [0.2, 0.25) is 0 Å². The summed E-state index contributed by atoms with van der Waals surface area (Å²) >= 11 is 0. The molecular formula is C18H37N3. The Morgan fingerprint density at radius 2 is 1.67 bits per heavy atom. The second-order valence-electron chi connectivity index (χ2n) is 8.02. The van der Waals surface area contributed by atoms with Crippen LogP contribution in [0.5, 0.6) is 0 Å². The molecule has 0 amide bonds. The molecule has 2 aliphatic rings. The lowest BCUT2D eigenvalue weighted by molar-refractivity contribution is 0.0833. The Bertz CT molecular complexity index is 297. The van der Waals surface area contributed by atoms with Crippen molar-refractivity contribution in [3.05, 3.63) is 0 Å². The summed E-state index contributed by atoms with van der Waals surface area (Å²) in [4.78, 5) is 5.16. The predicted octanol–water partition coefficient (Wildman–Crippen LogP) is 2.67. The molecule has 0 aromatic carbocycles. The number of nitrogens with one attached hydrogen (secondary N) is 1. The van der Waals surface area contributed by atoms with E-state index in [2.05, 4.69) is 49.9 Å². The monoisotopic (exact) mass is 295 g/mol. The average molecular weight is 296 g/mol. The summed E-state index contributed by atoms with van der Waals surface area (Å²) in [6.45, 7) is 15.7. The maximum absolute atomic E-state index is 3.91. The van der Waals surface area contributed by atoms with Gasteiger partial charge in [0.05, 0.1) is 0 Å². The van der Waals surface area contributed by atoms with Gasteiger partial charge in [-0.2, -0.15) is 0 Å². The van der Waals surface area contributed by atoms with Crippen molar-refractivity contribution in [3.8, 4) is 0 Å². The first-order chi connectivity index (χ1) is 9.97. The molecule has 3 heteroatoms. The fourth-order valence-corrected chi connectivity index (χ4v) is 3.96. The van der Waals surface area contributed by atoms with E-state index in [4.69, 9.17) is 0 Å². The van der Waals surface area contributed by atoms with Crippen molar-refractivity contribution in [3.63, 3.8) is 0 Å². The van der Waals surface area contributed by atoms with Crippen LogP contribution in [0.3, 0.4) is 0 Å². The number of likely N-dealkylation sites (N-methyl/N-ethyl adjacent to an activating group) is 1. The first-order valence-corrected chi connectivity index (χ1v) is 9.13. The molecule has 0 aromatic rings. The minimum Gasteiger partial charge on any atom is -0.312 e. The summed E-state index contributed by atoms with van der Waals surface area (Å²) in [5.74, 6) is 2.54. The van der Waals surface area contributed by atoms with Crippen LogP contribution in [0.25, 0.3) is 0 Å². The summed E-state index contributed by atoms with van der Waals surface area (Å²) in [7, 11) is 2.24. The average Bonchev–Trinajstić information content (AvgIpc) is 2.44. The summed E-state index contributed by atoms with van der Waals surface area (Å²) in [5.41, 5.74) is 0. The van der Waals surface area contributed by atoms with Crippen LogP contribution in [-0.4, -0.2) is 61.7 Å². The van der Waals surface area contributed by atoms with Crippen LogP contribution < -0.4 is 5.32 Å². The Morgan fingerprint density at radius 1 is 1.00 bits per heavy atom. The minimum atomic E-state index is 0.702. The highest BCUT2D eigenvalue weighted by Gasteiger charge is 2.28. The van der Waals surface area contributed by atoms with Gasteiger partial charge in [-0.05, 0) is 44.1 Å². The van der Waals surface area contributed by atoms with Crippen LogP contribution in [0.2, 0.25) is 0 Å². The van der Waals surface area contributed by atoms with Gasteiger partial charge in [0.15, 0.2) is 0 Å². The van der Waals surface area contributed by atoms with Crippen LogP contribution in [0, 0.1) is 17.8 Å². The zero-order valence-corrected chi connectivity index (χ0v) is 14.9. The van der Waals surface area contributed by atoms with E-state index in [9.17, 15) is 0 Å². The SMILES string of the molecule is CC(C)C(CNC1CCC(C)C(C)C1)N1CCN(C)CC1. The van der Waals surface area contributed by atoms with Gasteiger partial charge >= 0.3 is 0 Å². The highest BCUT2D eigenvalue weighted by molar-refractivity contribution is 4.85. The highest BCUT2D eigenvalue weighted by atomic mass is 15.3. The lowest BCUT2D eigenvalue weighted by atomic mass is 9.79. The van der Waals surface area contributed by atoms with Crippen molar-refractivity contribution in [2.45, 2.75) is 59.0 Å². The Morgan fingerprint density at radius 3 is 2.24 bits per heavy atom. The van der Waals surface area contributed by atoms with Crippen molar-refractivity contribution >= 4 is 0 Å². The van der Waals surface area contributed by atoms with Crippen molar-refractivity contribution in [2.75, 3.05) is 39.8 Å². The minimum absolute atomic E-state index is 0.702. The van der Waals surface area contributed by atoms with E-state index in [-0.39, 0.29) is 0 Å². The predicted molar refractivity (Wildman–Crippen MR) is 91.7 cm³/mol. The molecule has 4 atom stereocenters. The molecule has 1 aliphatic carbocycles. The van der Waals surface area contributed by atoms with Crippen molar-refractivity contribution < 1.29 is 0 Å². The highest BCUT2D eigenvalue weighted by Crippen LogP contribution is 2.29. The fourth-order valence-electron chi connectivity index (χ4n) is 3.96. The summed E-state index contributed by atoms with van der Waals surface area (Å²) in [5, 5.41) is 3.91. The normalized spacial score (nSPS) is 34.3. The third-order valence-corrected chi connectivity index (χ3v) is 5.99. The van der Waals surface area contributed by atoms with Gasteiger partial charge in [0.25, 0.3) is 0 Å². The van der Waals surface area contributed by atoms with E-state index in [1.807, 2.05) is 0 Å². The Kier molecular flexibility index (Phi) is 6.51. The number of hydrogen-bond acceptors (Lipinski definition) is 3. The summed E-state index contributed by atoms with van der Waals surface area (Å²) in [6, 6.07) is 1.46. The second-order valence-corrected chi connectivity index (χ2v) is 8.02. The maximum Gasteiger partial charge on any atom is 0.0244 e. The van der Waals surface area contributed by atoms with Crippen LogP contribution >= 0.6 is 0 Å². The molecule has 21 heavy (non-hydrogen) atoms. The maximum atomic E-state index is 3.91. The Balaban J connectivity index is 1.80. The largest absolute Gasteiger partial charge is 0.312 e. The van der Waals surface area contributed by atoms with E-state index in [0.717, 1.165) is 23.8 Å². The van der Waals surface area contributed by atoms with E-state index < -0.39 is 0 Å². The molecule has 0 bridgehead atoms. The molecule has 4 unspecified atom stereocenters. The van der Waals surface area contributed by atoms with Crippen molar-refractivity contribution in [1.29, 1.82) is 0 Å². The molecule has 124 valence electrons. The zero-order valence-electron chi connectivity index (χ0n) is 14.9. The van der Waals surface area contributed by atoms with E-state index in [1.54, 1.807) is 0 Å². The van der Waals surface area contributed by atoms with Gasteiger partial charge in [-0.3, -0.25) is 4.90 Å². The molecular weight excluding hydrogens is 258 g/mol. The van der Waals surface area contributed by atoms with Gasteiger partial charge in [0, 0.05) is 44.8 Å². The summed E-state index contributed by atoms with van der Waals surface area (Å²) in [6.07, 6.45) is 4.15. The third-order valence-electron chi connectivity index (χ3n) is 5.99. The fraction of sp³-hybridized carbons (Fsp3) is 1.00. The Hall–Kier alpha value is -0.120. The standard InChI is InChI=1S/C18H37N3/c1-14(2)18(21-10-8-20(5)9-11-21)13-19-17-7-6-15(3)16(4)12-17/h14-19H,6-13H2,1-5H3. The molecule has 1 N–H and O–H groups in total. The van der Waals surface area contributed by atoms with Crippen LogP contribution in [0.4, 0.5) is 0 Å². The van der Waals surface area contributed by atoms with Gasteiger partial charge in [0.1, 0.15) is 0 Å². The second kappa shape index (κ2) is 7.94. The molecule has 1 saturated carbocycles. The molecule has 0 aromatic heterocycles. The molecule has 3 nitrogen and oxygen atoms in total. The lowest BCUT2D eigenvalue weighted by Gasteiger charge is -2.41.